The number of para-hydroxylation sites is 1. The first-order valence-electron chi connectivity index (χ1n) is 19.2. The number of benzene rings is 2. The number of nitrogens with two attached hydrogens (primary N) is 1. The number of amides is 5. The number of anilines is 2. The number of carbonyl (C=O) groups is 3. The summed E-state index contributed by atoms with van der Waals surface area (Å²) in [5.41, 5.74) is 9.65. The summed E-state index contributed by atoms with van der Waals surface area (Å²) in [6.45, 7) is 8.97. The van der Waals surface area contributed by atoms with Gasteiger partial charge < -0.3 is 36.0 Å². The Labute approximate surface area is 320 Å². The summed E-state index contributed by atoms with van der Waals surface area (Å²) in [5, 5.41) is 6.16. The maximum atomic E-state index is 14.2. The van der Waals surface area contributed by atoms with Crippen molar-refractivity contribution in [1.82, 2.24) is 24.9 Å². The fourth-order valence-electron chi connectivity index (χ4n) is 8.55. The van der Waals surface area contributed by atoms with Crippen LogP contribution in [0.5, 0.6) is 0 Å². The predicted molar refractivity (Wildman–Crippen MR) is 210 cm³/mol. The van der Waals surface area contributed by atoms with E-state index in [4.69, 9.17) is 5.73 Å². The smallest absolute Gasteiger partial charge is 0.322 e. The predicted octanol–water partition coefficient (Wildman–Crippen LogP) is 7.46. The molecular formula is C39H55Br2N7O3. The number of hydrogen-bond donors (Lipinski definition) is 3. The Morgan fingerprint density at radius 2 is 1.51 bits per heavy atom. The quantitative estimate of drug-likeness (QED) is 0.161. The summed E-state index contributed by atoms with van der Waals surface area (Å²) >= 11 is 7.10. The largest absolute Gasteiger partial charge is 0.397 e. The van der Waals surface area contributed by atoms with Crippen LogP contribution < -0.4 is 16.4 Å². The Hall–Kier alpha value is -2.83. The molecule has 0 spiro atoms. The average Bonchev–Trinajstić information content (AvgIpc) is 3.15. The number of likely N-dealkylation sites (tertiary alicyclic amines) is 3. The normalized spacial score (nSPS) is 20.2. The van der Waals surface area contributed by atoms with Crippen molar-refractivity contribution in [2.24, 2.45) is 11.8 Å². The summed E-state index contributed by atoms with van der Waals surface area (Å²) in [7, 11) is 0. The molecule has 4 heterocycles. The van der Waals surface area contributed by atoms with E-state index in [0.29, 0.717) is 50.5 Å². The highest BCUT2D eigenvalue weighted by Crippen LogP contribution is 2.34. The molecule has 4 aliphatic heterocycles. The van der Waals surface area contributed by atoms with Gasteiger partial charge in [0.25, 0.3) is 0 Å². The Kier molecular flexibility index (Phi) is 13.2. The molecule has 12 heteroatoms. The summed E-state index contributed by atoms with van der Waals surface area (Å²) in [6.07, 6.45) is 11.6. The van der Waals surface area contributed by atoms with Crippen LogP contribution in [0.3, 0.4) is 0 Å². The SMILES string of the molecule is CCCCCCN1CCC(C2CCN(C(=O)[C@H](Cc3cc(Br)c(N)c(Br)c3)NC(=O)N3CCC(N4Cc5ccccc5NC4=O)CC3)CC2)CC1. The van der Waals surface area contributed by atoms with Crippen molar-refractivity contribution in [2.75, 3.05) is 56.9 Å². The van der Waals surface area contributed by atoms with Gasteiger partial charge in [0, 0.05) is 59.8 Å². The standard InChI is InChI=1S/C39H55Br2N7O3/c1-2-3-4-7-16-45-17-10-28(11-18-45)29-12-19-46(20-13-29)37(49)35(25-27-23-32(40)36(42)33(41)24-27)44-38(50)47-21-14-31(15-22-47)48-26-30-8-5-6-9-34(30)43-39(48)51/h5-6,8-9,23-24,28-29,31,35H,2-4,7,10-22,25-26,42H2,1H3,(H,43,51)(H,44,50)/t35-/m0/s1. The van der Waals surface area contributed by atoms with Gasteiger partial charge >= 0.3 is 12.1 Å². The van der Waals surface area contributed by atoms with Crippen LogP contribution in [0.1, 0.15) is 82.3 Å². The monoisotopic (exact) mass is 827 g/mol. The molecule has 2 aromatic rings. The van der Waals surface area contributed by atoms with Gasteiger partial charge in [-0.3, -0.25) is 4.79 Å². The van der Waals surface area contributed by atoms with Crippen molar-refractivity contribution in [3.63, 3.8) is 0 Å². The fourth-order valence-corrected chi connectivity index (χ4v) is 9.83. The molecule has 0 radical (unpaired) electrons. The Morgan fingerprint density at radius 1 is 0.882 bits per heavy atom. The lowest BCUT2D eigenvalue weighted by Crippen LogP contribution is -2.57. The van der Waals surface area contributed by atoms with Gasteiger partial charge in [0.2, 0.25) is 5.91 Å². The van der Waals surface area contributed by atoms with E-state index in [0.717, 1.165) is 57.6 Å². The van der Waals surface area contributed by atoms with Gasteiger partial charge in [-0.2, -0.15) is 0 Å². The number of urea groups is 2. The van der Waals surface area contributed by atoms with Gasteiger partial charge in [-0.25, -0.2) is 9.59 Å². The van der Waals surface area contributed by atoms with Gasteiger partial charge in [0.05, 0.1) is 5.69 Å². The van der Waals surface area contributed by atoms with Crippen LogP contribution >= 0.6 is 31.9 Å². The maximum absolute atomic E-state index is 14.2. The lowest BCUT2D eigenvalue weighted by molar-refractivity contribution is -0.135. The molecule has 2 aromatic carbocycles. The highest BCUT2D eigenvalue weighted by Gasteiger charge is 2.36. The van der Waals surface area contributed by atoms with Gasteiger partial charge in [0.1, 0.15) is 6.04 Å². The second kappa shape index (κ2) is 17.8. The van der Waals surface area contributed by atoms with Gasteiger partial charge in [-0.05, 0) is 138 Å². The molecule has 3 fully saturated rings. The number of nitrogens with zero attached hydrogens (tertiary/aromatic N) is 4. The molecule has 1 atom stereocenters. The maximum Gasteiger partial charge on any atom is 0.322 e. The van der Waals surface area contributed by atoms with Crippen LogP contribution in [0.25, 0.3) is 0 Å². The number of carbonyl (C=O) groups excluding carboxylic acids is 3. The number of nitrogens with one attached hydrogen (secondary N) is 2. The minimum atomic E-state index is -0.700. The number of halogens is 2. The lowest BCUT2D eigenvalue weighted by Gasteiger charge is -2.42. The first kappa shape index (κ1) is 37.9. The zero-order chi connectivity index (χ0) is 35.9. The van der Waals surface area contributed by atoms with E-state index < -0.39 is 6.04 Å². The summed E-state index contributed by atoms with van der Waals surface area (Å²) < 4.78 is 1.51. The summed E-state index contributed by atoms with van der Waals surface area (Å²) in [5.74, 6) is 1.37. The number of piperidine rings is 3. The molecule has 5 amide bonds. The highest BCUT2D eigenvalue weighted by atomic mass is 79.9. The number of rotatable bonds is 11. The van der Waals surface area contributed by atoms with E-state index in [9.17, 15) is 14.4 Å². The van der Waals surface area contributed by atoms with Crippen LogP contribution in [-0.4, -0.2) is 95.5 Å². The fraction of sp³-hybridized carbons (Fsp3) is 0.615. The van der Waals surface area contributed by atoms with E-state index in [-0.39, 0.29) is 24.0 Å². The molecule has 0 aromatic heterocycles. The molecule has 3 saturated heterocycles. The number of fused-ring (bicyclic) bond motifs is 1. The molecule has 6 rings (SSSR count). The van der Waals surface area contributed by atoms with Crippen LogP contribution in [0.15, 0.2) is 45.3 Å². The first-order chi connectivity index (χ1) is 24.7. The Balaban J connectivity index is 1.04. The molecular weight excluding hydrogens is 774 g/mol. The molecule has 10 nitrogen and oxygen atoms in total. The van der Waals surface area contributed by atoms with Crippen molar-refractivity contribution >= 4 is 61.2 Å². The van der Waals surface area contributed by atoms with Crippen LogP contribution in [0.4, 0.5) is 21.0 Å². The van der Waals surface area contributed by atoms with Crippen molar-refractivity contribution in [1.29, 1.82) is 0 Å². The Bertz CT molecular complexity index is 1490. The molecule has 4 N–H and O–H groups in total. The average molecular weight is 830 g/mol. The molecule has 0 aliphatic carbocycles. The molecule has 0 unspecified atom stereocenters. The third-order valence-corrected chi connectivity index (χ3v) is 13.0. The molecule has 51 heavy (non-hydrogen) atoms. The van der Waals surface area contributed by atoms with E-state index in [1.54, 1.807) is 4.90 Å². The van der Waals surface area contributed by atoms with Crippen molar-refractivity contribution in [3.8, 4) is 0 Å². The second-order valence-electron chi connectivity index (χ2n) is 15.0. The summed E-state index contributed by atoms with van der Waals surface area (Å²) in [6, 6.07) is 10.8. The van der Waals surface area contributed by atoms with Crippen LogP contribution in [0.2, 0.25) is 0 Å². The molecule has 278 valence electrons. The third kappa shape index (κ3) is 9.59. The van der Waals surface area contributed by atoms with Gasteiger partial charge in [-0.1, -0.05) is 44.4 Å². The number of nitrogen functional groups attached to an aromatic ring is 1. The van der Waals surface area contributed by atoms with Crippen molar-refractivity contribution < 1.29 is 14.4 Å². The number of hydrogen-bond acceptors (Lipinski definition) is 5. The zero-order valence-corrected chi connectivity index (χ0v) is 33.2. The van der Waals surface area contributed by atoms with E-state index in [1.165, 1.54) is 58.2 Å². The lowest BCUT2D eigenvalue weighted by atomic mass is 9.78. The van der Waals surface area contributed by atoms with Gasteiger partial charge in [-0.15, -0.1) is 0 Å². The van der Waals surface area contributed by atoms with Gasteiger partial charge in [0.15, 0.2) is 0 Å². The Morgan fingerprint density at radius 3 is 2.18 bits per heavy atom. The second-order valence-corrected chi connectivity index (χ2v) is 16.7. The minimum absolute atomic E-state index is 0.0219. The topological polar surface area (TPSA) is 114 Å². The van der Waals surface area contributed by atoms with Crippen molar-refractivity contribution in [2.45, 2.75) is 96.2 Å². The third-order valence-electron chi connectivity index (χ3n) is 11.7. The summed E-state index contributed by atoms with van der Waals surface area (Å²) in [4.78, 5) is 49.2. The van der Waals surface area contributed by atoms with E-state index in [1.807, 2.05) is 46.2 Å². The number of unbranched alkanes of at least 4 members (excludes halogenated alkanes) is 3. The molecule has 0 saturated carbocycles. The van der Waals surface area contributed by atoms with Crippen molar-refractivity contribution in [3.05, 3.63) is 56.5 Å². The highest BCUT2D eigenvalue weighted by molar-refractivity contribution is 9.11. The van der Waals surface area contributed by atoms with Crippen LogP contribution in [-0.2, 0) is 17.8 Å². The molecule has 0 bridgehead atoms. The van der Waals surface area contributed by atoms with E-state index >= 15 is 0 Å². The van der Waals surface area contributed by atoms with Crippen LogP contribution in [0, 0.1) is 11.8 Å². The van der Waals surface area contributed by atoms with E-state index in [2.05, 4.69) is 54.3 Å². The molecule has 4 aliphatic rings. The first-order valence-corrected chi connectivity index (χ1v) is 20.7. The zero-order valence-electron chi connectivity index (χ0n) is 30.1. The minimum Gasteiger partial charge on any atom is -0.397 e.